The average Bonchev–Trinajstić information content (AvgIpc) is 2.95. The minimum atomic E-state index is -3.52. The van der Waals surface area contributed by atoms with E-state index in [1.807, 2.05) is 13.8 Å². The number of hydrogen-bond donors (Lipinski definition) is 1. The summed E-state index contributed by atoms with van der Waals surface area (Å²) in [4.78, 5) is 14.5. The molecule has 0 fully saturated rings. The molecule has 1 aromatic carbocycles. The number of carbonyl (C=O) groups is 1. The molecular formula is C16H25N3O3S. The second-order valence-electron chi connectivity index (χ2n) is 6.23. The maximum Gasteiger partial charge on any atom is 0.244 e. The van der Waals surface area contributed by atoms with Crippen LogP contribution in [-0.2, 0) is 21.2 Å². The Hall–Kier alpha value is -1.44. The van der Waals surface area contributed by atoms with Crippen LogP contribution >= 0.6 is 0 Å². The van der Waals surface area contributed by atoms with Crippen molar-refractivity contribution in [3.8, 4) is 0 Å². The van der Waals surface area contributed by atoms with Crippen molar-refractivity contribution < 1.29 is 13.2 Å². The van der Waals surface area contributed by atoms with Gasteiger partial charge in [0.05, 0.1) is 10.9 Å². The molecule has 0 aliphatic carbocycles. The molecule has 0 saturated heterocycles. The molecule has 2 atom stereocenters. The zero-order valence-electron chi connectivity index (χ0n) is 14.1. The minimum absolute atomic E-state index is 0.0836. The van der Waals surface area contributed by atoms with Crippen LogP contribution in [0.5, 0.6) is 0 Å². The van der Waals surface area contributed by atoms with Crippen LogP contribution in [-0.4, -0.2) is 45.3 Å². The number of amides is 1. The topological polar surface area (TPSA) is 83.7 Å². The first kappa shape index (κ1) is 17.9. The smallest absolute Gasteiger partial charge is 0.244 e. The molecule has 1 aromatic rings. The van der Waals surface area contributed by atoms with E-state index in [1.54, 1.807) is 23.1 Å². The first-order valence-corrected chi connectivity index (χ1v) is 9.26. The summed E-state index contributed by atoms with van der Waals surface area (Å²) in [5, 5.41) is 0. The van der Waals surface area contributed by atoms with Crippen LogP contribution < -0.4 is 10.6 Å². The Bertz CT molecular complexity index is 701. The van der Waals surface area contributed by atoms with Gasteiger partial charge in [-0.15, -0.1) is 0 Å². The molecular weight excluding hydrogens is 314 g/mol. The monoisotopic (exact) mass is 339 g/mol. The number of nitrogens with zero attached hydrogens (tertiary/aromatic N) is 2. The molecule has 128 valence electrons. The summed E-state index contributed by atoms with van der Waals surface area (Å²) in [5.74, 6) is -0.0576. The van der Waals surface area contributed by atoms with Gasteiger partial charge < -0.3 is 10.6 Å². The maximum absolute atomic E-state index is 12.6. The van der Waals surface area contributed by atoms with Crippen molar-refractivity contribution >= 4 is 21.6 Å². The first-order valence-electron chi connectivity index (χ1n) is 7.82. The maximum atomic E-state index is 12.6. The molecule has 0 bridgehead atoms. The second-order valence-corrected chi connectivity index (χ2v) is 8.38. The summed E-state index contributed by atoms with van der Waals surface area (Å²) in [6.07, 6.45) is 1.54. The second kappa shape index (κ2) is 6.59. The number of hydrogen-bond acceptors (Lipinski definition) is 4. The largest absolute Gasteiger partial charge is 0.320 e. The van der Waals surface area contributed by atoms with Crippen LogP contribution in [0.1, 0.15) is 25.8 Å². The van der Waals surface area contributed by atoms with Crippen LogP contribution in [0.25, 0.3) is 0 Å². The molecule has 7 heteroatoms. The number of anilines is 1. The number of benzene rings is 1. The highest BCUT2D eigenvalue weighted by Crippen LogP contribution is 2.32. The first-order chi connectivity index (χ1) is 10.7. The predicted molar refractivity (Wildman–Crippen MR) is 90.8 cm³/mol. The van der Waals surface area contributed by atoms with E-state index in [4.69, 9.17) is 5.73 Å². The molecule has 2 unspecified atom stereocenters. The van der Waals surface area contributed by atoms with E-state index in [0.717, 1.165) is 18.4 Å². The molecule has 23 heavy (non-hydrogen) atoms. The van der Waals surface area contributed by atoms with E-state index >= 15 is 0 Å². The van der Waals surface area contributed by atoms with Crippen molar-refractivity contribution in [3.05, 3.63) is 23.8 Å². The summed E-state index contributed by atoms with van der Waals surface area (Å²) in [7, 11) is -0.544. The summed E-state index contributed by atoms with van der Waals surface area (Å²) in [6.45, 7) is 4.49. The van der Waals surface area contributed by atoms with Crippen molar-refractivity contribution in [2.45, 2.75) is 37.6 Å². The SMILES string of the molecule is CCC(C)C(N)C(=O)N1CCc2ccc(S(=O)(=O)N(C)C)cc21. The van der Waals surface area contributed by atoms with Crippen LogP contribution in [0.3, 0.4) is 0 Å². The number of sulfonamides is 1. The molecule has 1 aliphatic rings. The molecule has 0 radical (unpaired) electrons. The molecule has 0 aromatic heterocycles. The molecule has 1 heterocycles. The van der Waals surface area contributed by atoms with E-state index < -0.39 is 16.1 Å². The zero-order valence-corrected chi connectivity index (χ0v) is 14.9. The van der Waals surface area contributed by atoms with Gasteiger partial charge in [0.1, 0.15) is 0 Å². The van der Waals surface area contributed by atoms with Crippen molar-refractivity contribution in [2.24, 2.45) is 11.7 Å². The van der Waals surface area contributed by atoms with E-state index in [-0.39, 0.29) is 16.7 Å². The normalized spacial score (nSPS) is 17.2. The standard InChI is InChI=1S/C16H25N3O3S/c1-5-11(2)15(17)16(20)19-9-8-12-6-7-13(10-14(12)19)23(21,22)18(3)4/h6-7,10-11,15H,5,8-9,17H2,1-4H3. The van der Waals surface area contributed by atoms with E-state index in [1.165, 1.54) is 18.4 Å². The van der Waals surface area contributed by atoms with Gasteiger partial charge in [-0.05, 0) is 30.0 Å². The quantitative estimate of drug-likeness (QED) is 0.874. The number of nitrogens with two attached hydrogens (primary N) is 1. The van der Waals surface area contributed by atoms with Gasteiger partial charge in [0.2, 0.25) is 15.9 Å². The van der Waals surface area contributed by atoms with Gasteiger partial charge in [-0.3, -0.25) is 4.79 Å². The predicted octanol–water partition coefficient (Wildman–Crippen LogP) is 1.20. The average molecular weight is 339 g/mol. The Morgan fingerprint density at radius 1 is 1.39 bits per heavy atom. The third kappa shape index (κ3) is 3.27. The highest BCUT2D eigenvalue weighted by molar-refractivity contribution is 7.89. The minimum Gasteiger partial charge on any atom is -0.320 e. The highest BCUT2D eigenvalue weighted by atomic mass is 32.2. The fourth-order valence-electron chi connectivity index (χ4n) is 2.64. The Kier molecular flexibility index (Phi) is 5.13. The number of rotatable bonds is 5. The fraction of sp³-hybridized carbons (Fsp3) is 0.562. The van der Waals surface area contributed by atoms with Gasteiger partial charge in [-0.1, -0.05) is 26.3 Å². The van der Waals surface area contributed by atoms with Crippen LogP contribution in [0.2, 0.25) is 0 Å². The lowest BCUT2D eigenvalue weighted by atomic mass is 9.99. The molecule has 0 spiro atoms. The van der Waals surface area contributed by atoms with Gasteiger partial charge in [0.25, 0.3) is 0 Å². The Balaban J connectivity index is 2.38. The van der Waals surface area contributed by atoms with Crippen LogP contribution in [0.15, 0.2) is 23.1 Å². The highest BCUT2D eigenvalue weighted by Gasteiger charge is 2.31. The molecule has 2 rings (SSSR count). The van der Waals surface area contributed by atoms with Gasteiger partial charge in [0, 0.05) is 26.3 Å². The molecule has 1 aliphatic heterocycles. The molecule has 2 N–H and O–H groups in total. The molecule has 6 nitrogen and oxygen atoms in total. The van der Waals surface area contributed by atoms with Crippen molar-refractivity contribution in [2.75, 3.05) is 25.5 Å². The summed E-state index contributed by atoms with van der Waals surface area (Å²) in [6, 6.07) is 4.39. The molecule has 1 amide bonds. The Morgan fingerprint density at radius 3 is 2.61 bits per heavy atom. The lowest BCUT2D eigenvalue weighted by molar-refractivity contribution is -0.120. The Morgan fingerprint density at radius 2 is 2.04 bits per heavy atom. The van der Waals surface area contributed by atoms with Gasteiger partial charge in [0.15, 0.2) is 0 Å². The van der Waals surface area contributed by atoms with Crippen LogP contribution in [0, 0.1) is 5.92 Å². The number of fused-ring (bicyclic) bond motifs is 1. The van der Waals surface area contributed by atoms with E-state index in [9.17, 15) is 13.2 Å². The van der Waals surface area contributed by atoms with Crippen molar-refractivity contribution in [1.82, 2.24) is 4.31 Å². The summed E-state index contributed by atoms with van der Waals surface area (Å²) < 4.78 is 25.8. The fourth-order valence-corrected chi connectivity index (χ4v) is 3.56. The third-order valence-corrected chi connectivity index (χ3v) is 6.35. The van der Waals surface area contributed by atoms with E-state index in [2.05, 4.69) is 0 Å². The third-order valence-electron chi connectivity index (χ3n) is 4.54. The van der Waals surface area contributed by atoms with Gasteiger partial charge in [-0.2, -0.15) is 0 Å². The lowest BCUT2D eigenvalue weighted by Gasteiger charge is -2.25. The lowest BCUT2D eigenvalue weighted by Crippen LogP contribution is -2.46. The molecule has 0 saturated carbocycles. The number of carbonyl (C=O) groups excluding carboxylic acids is 1. The van der Waals surface area contributed by atoms with Crippen molar-refractivity contribution in [1.29, 1.82) is 0 Å². The summed E-state index contributed by atoms with van der Waals surface area (Å²) >= 11 is 0. The Labute approximate surface area is 138 Å². The van der Waals surface area contributed by atoms with Gasteiger partial charge >= 0.3 is 0 Å². The van der Waals surface area contributed by atoms with Crippen molar-refractivity contribution in [3.63, 3.8) is 0 Å². The summed E-state index contributed by atoms with van der Waals surface area (Å²) in [5.41, 5.74) is 7.71. The van der Waals surface area contributed by atoms with E-state index in [0.29, 0.717) is 12.2 Å². The zero-order chi connectivity index (χ0) is 17.4. The van der Waals surface area contributed by atoms with Gasteiger partial charge in [-0.25, -0.2) is 12.7 Å². The van der Waals surface area contributed by atoms with Crippen LogP contribution in [0.4, 0.5) is 5.69 Å².